The second kappa shape index (κ2) is 8.06. The number of nitro benzene ring substituents is 1. The van der Waals surface area contributed by atoms with Crippen LogP contribution in [-0.2, 0) is 0 Å². The highest BCUT2D eigenvalue weighted by atomic mass is 16.6. The Kier molecular flexibility index (Phi) is 5.31. The van der Waals surface area contributed by atoms with Crippen LogP contribution in [0.1, 0.15) is 46.1 Å². The van der Waals surface area contributed by atoms with E-state index in [2.05, 4.69) is 10.1 Å². The number of rotatable bonds is 4. The Bertz CT molecular complexity index is 1110. The second-order valence-corrected chi connectivity index (χ2v) is 7.67. The summed E-state index contributed by atoms with van der Waals surface area (Å²) in [4.78, 5) is 30.0. The molecule has 0 aliphatic carbocycles. The van der Waals surface area contributed by atoms with Crippen LogP contribution in [-0.4, -0.2) is 39.0 Å². The number of carbonyl (C=O) groups is 1. The molecule has 1 unspecified atom stereocenters. The van der Waals surface area contributed by atoms with Crippen LogP contribution in [0.3, 0.4) is 0 Å². The zero-order chi connectivity index (χ0) is 21.3. The van der Waals surface area contributed by atoms with Gasteiger partial charge in [0.05, 0.1) is 10.8 Å². The SMILES string of the molecule is Cc1cccc(-c2noc(C3CCCN(C(=O)c4ccc(C)c([N+](=O)[O-])c4)C3)n2)c1. The Balaban J connectivity index is 1.52. The number of hydrogen-bond acceptors (Lipinski definition) is 6. The van der Waals surface area contributed by atoms with Gasteiger partial charge in [-0.1, -0.05) is 35.0 Å². The van der Waals surface area contributed by atoms with Gasteiger partial charge in [-0.15, -0.1) is 0 Å². The van der Waals surface area contributed by atoms with Gasteiger partial charge in [0.1, 0.15) is 0 Å². The van der Waals surface area contributed by atoms with Gasteiger partial charge in [-0.3, -0.25) is 14.9 Å². The van der Waals surface area contributed by atoms with Crippen LogP contribution in [0.15, 0.2) is 47.0 Å². The number of piperidine rings is 1. The first-order valence-corrected chi connectivity index (χ1v) is 9.87. The van der Waals surface area contributed by atoms with E-state index in [1.54, 1.807) is 24.0 Å². The third kappa shape index (κ3) is 3.94. The highest BCUT2D eigenvalue weighted by molar-refractivity contribution is 5.95. The van der Waals surface area contributed by atoms with E-state index >= 15 is 0 Å². The molecule has 0 spiro atoms. The molecule has 3 aromatic rings. The summed E-state index contributed by atoms with van der Waals surface area (Å²) in [7, 11) is 0. The molecule has 2 heterocycles. The lowest BCUT2D eigenvalue weighted by molar-refractivity contribution is -0.385. The van der Waals surface area contributed by atoms with Gasteiger partial charge in [0.25, 0.3) is 11.6 Å². The van der Waals surface area contributed by atoms with Crippen LogP contribution in [0.5, 0.6) is 0 Å². The van der Waals surface area contributed by atoms with Gasteiger partial charge in [0.2, 0.25) is 11.7 Å². The maximum absolute atomic E-state index is 13.0. The Hall–Kier alpha value is -3.55. The minimum absolute atomic E-state index is 0.0471. The molecule has 0 saturated carbocycles. The average molecular weight is 406 g/mol. The van der Waals surface area contributed by atoms with Crippen molar-refractivity contribution in [1.82, 2.24) is 15.0 Å². The molecule has 1 aliphatic heterocycles. The summed E-state index contributed by atoms with van der Waals surface area (Å²) in [5.41, 5.74) is 2.80. The summed E-state index contributed by atoms with van der Waals surface area (Å²) in [6.07, 6.45) is 1.64. The molecule has 2 aromatic carbocycles. The van der Waals surface area contributed by atoms with Crippen LogP contribution in [0.4, 0.5) is 5.69 Å². The molecule has 8 heteroatoms. The number of benzene rings is 2. The van der Waals surface area contributed by atoms with E-state index in [0.717, 1.165) is 24.0 Å². The summed E-state index contributed by atoms with van der Waals surface area (Å²) in [6, 6.07) is 12.5. The lowest BCUT2D eigenvalue weighted by atomic mass is 9.97. The molecular formula is C22H22N4O4. The largest absolute Gasteiger partial charge is 0.339 e. The predicted octanol–water partition coefficient (Wildman–Crippen LogP) is 4.28. The van der Waals surface area contributed by atoms with E-state index in [1.807, 2.05) is 31.2 Å². The maximum atomic E-state index is 13.0. The third-order valence-electron chi connectivity index (χ3n) is 5.43. The standard InChI is InChI=1S/C22H22N4O4/c1-14-5-3-6-16(11-14)20-23-21(30-24-20)18-7-4-10-25(13-18)22(27)17-9-8-15(2)19(12-17)26(28)29/h3,5-6,8-9,11-12,18H,4,7,10,13H2,1-2H3. The number of aromatic nitrogens is 2. The van der Waals surface area contributed by atoms with Gasteiger partial charge in [0, 0.05) is 35.8 Å². The molecule has 0 bridgehead atoms. The summed E-state index contributed by atoms with van der Waals surface area (Å²) < 4.78 is 5.51. The molecule has 30 heavy (non-hydrogen) atoms. The minimum Gasteiger partial charge on any atom is -0.339 e. The molecule has 0 radical (unpaired) electrons. The van der Waals surface area contributed by atoms with Crippen molar-refractivity contribution in [2.24, 2.45) is 0 Å². The quantitative estimate of drug-likeness (QED) is 0.473. The van der Waals surface area contributed by atoms with Gasteiger partial charge in [-0.2, -0.15) is 4.98 Å². The van der Waals surface area contributed by atoms with Crippen molar-refractivity contribution >= 4 is 11.6 Å². The Labute approximate surface area is 173 Å². The van der Waals surface area contributed by atoms with Gasteiger partial charge in [-0.25, -0.2) is 0 Å². The van der Waals surface area contributed by atoms with E-state index in [9.17, 15) is 14.9 Å². The van der Waals surface area contributed by atoms with Crippen LogP contribution >= 0.6 is 0 Å². The normalized spacial score (nSPS) is 16.5. The first kappa shape index (κ1) is 19.8. The molecular weight excluding hydrogens is 384 g/mol. The van der Waals surface area contributed by atoms with Crippen LogP contribution in [0.2, 0.25) is 0 Å². The molecule has 4 rings (SSSR count). The van der Waals surface area contributed by atoms with E-state index in [4.69, 9.17) is 4.52 Å². The third-order valence-corrected chi connectivity index (χ3v) is 5.43. The van der Waals surface area contributed by atoms with E-state index < -0.39 is 4.92 Å². The van der Waals surface area contributed by atoms with Crippen LogP contribution in [0.25, 0.3) is 11.4 Å². The number of likely N-dealkylation sites (tertiary alicyclic amines) is 1. The van der Waals surface area contributed by atoms with Gasteiger partial charge in [-0.05, 0) is 38.8 Å². The van der Waals surface area contributed by atoms with Crippen molar-refractivity contribution in [3.8, 4) is 11.4 Å². The Morgan fingerprint density at radius 3 is 2.83 bits per heavy atom. The van der Waals surface area contributed by atoms with Crippen molar-refractivity contribution in [2.75, 3.05) is 13.1 Å². The molecule has 1 fully saturated rings. The number of hydrogen-bond donors (Lipinski definition) is 0. The summed E-state index contributed by atoms with van der Waals surface area (Å²) in [5.74, 6) is 0.764. The van der Waals surface area contributed by atoms with Crippen molar-refractivity contribution in [2.45, 2.75) is 32.6 Å². The maximum Gasteiger partial charge on any atom is 0.273 e. The molecule has 1 saturated heterocycles. The summed E-state index contributed by atoms with van der Waals surface area (Å²) in [5, 5.41) is 15.3. The van der Waals surface area contributed by atoms with E-state index in [0.29, 0.717) is 35.9 Å². The predicted molar refractivity (Wildman–Crippen MR) is 110 cm³/mol. The van der Waals surface area contributed by atoms with Gasteiger partial charge in [0.15, 0.2) is 0 Å². The monoisotopic (exact) mass is 406 g/mol. The molecule has 8 nitrogen and oxygen atoms in total. The number of nitro groups is 1. The average Bonchev–Trinajstić information content (AvgIpc) is 3.24. The number of carbonyl (C=O) groups excluding carboxylic acids is 1. The van der Waals surface area contributed by atoms with E-state index in [-0.39, 0.29) is 17.5 Å². The Morgan fingerprint density at radius 2 is 2.07 bits per heavy atom. The number of nitrogens with zero attached hydrogens (tertiary/aromatic N) is 4. The van der Waals surface area contributed by atoms with Crippen molar-refractivity contribution < 1.29 is 14.2 Å². The van der Waals surface area contributed by atoms with Gasteiger partial charge >= 0.3 is 0 Å². The van der Waals surface area contributed by atoms with Crippen molar-refractivity contribution in [3.63, 3.8) is 0 Å². The zero-order valence-corrected chi connectivity index (χ0v) is 16.9. The molecule has 154 valence electrons. The highest BCUT2D eigenvalue weighted by Crippen LogP contribution is 2.29. The Morgan fingerprint density at radius 1 is 1.23 bits per heavy atom. The summed E-state index contributed by atoms with van der Waals surface area (Å²) >= 11 is 0. The fraction of sp³-hybridized carbons (Fsp3) is 0.318. The lowest BCUT2D eigenvalue weighted by Crippen LogP contribution is -2.39. The molecule has 1 aliphatic rings. The van der Waals surface area contributed by atoms with Gasteiger partial charge < -0.3 is 9.42 Å². The lowest BCUT2D eigenvalue weighted by Gasteiger charge is -2.31. The first-order chi connectivity index (χ1) is 14.4. The molecule has 1 atom stereocenters. The van der Waals surface area contributed by atoms with Crippen molar-refractivity contribution in [3.05, 3.63) is 75.2 Å². The first-order valence-electron chi connectivity index (χ1n) is 9.87. The highest BCUT2D eigenvalue weighted by Gasteiger charge is 2.30. The van der Waals surface area contributed by atoms with Crippen LogP contribution < -0.4 is 0 Å². The number of aryl methyl sites for hydroxylation is 2. The molecule has 1 aromatic heterocycles. The topological polar surface area (TPSA) is 102 Å². The molecule has 1 amide bonds. The second-order valence-electron chi connectivity index (χ2n) is 7.67. The van der Waals surface area contributed by atoms with E-state index in [1.165, 1.54) is 6.07 Å². The van der Waals surface area contributed by atoms with Crippen molar-refractivity contribution in [1.29, 1.82) is 0 Å². The molecule has 0 N–H and O–H groups in total. The number of amides is 1. The fourth-order valence-corrected chi connectivity index (χ4v) is 3.79. The zero-order valence-electron chi connectivity index (χ0n) is 16.9. The van der Waals surface area contributed by atoms with Crippen LogP contribution in [0, 0.1) is 24.0 Å². The minimum atomic E-state index is -0.462. The summed E-state index contributed by atoms with van der Waals surface area (Å²) in [6.45, 7) is 4.70. The smallest absolute Gasteiger partial charge is 0.273 e. The fourth-order valence-electron chi connectivity index (χ4n) is 3.79.